The van der Waals surface area contributed by atoms with E-state index in [0.29, 0.717) is 16.7 Å². The van der Waals surface area contributed by atoms with Crippen LogP contribution in [0, 0.1) is 11.3 Å². The summed E-state index contributed by atoms with van der Waals surface area (Å²) in [4.78, 5) is 17.0. The minimum atomic E-state index is -0.0780. The molecule has 0 saturated heterocycles. The van der Waals surface area contributed by atoms with Crippen molar-refractivity contribution >= 4 is 5.78 Å². The highest BCUT2D eigenvalue weighted by Gasteiger charge is 2.14. The molecule has 0 N–H and O–H groups in total. The molecule has 3 heteroatoms. The third-order valence-electron chi connectivity index (χ3n) is 3.39. The van der Waals surface area contributed by atoms with Gasteiger partial charge in [0.05, 0.1) is 17.3 Å². The van der Waals surface area contributed by atoms with Gasteiger partial charge in [0.1, 0.15) is 0 Å². The molecule has 0 bridgehead atoms. The number of carbonyl (C=O) groups is 1. The molecule has 3 rings (SSSR count). The number of benzene rings is 2. The third kappa shape index (κ3) is 2.63. The quantitative estimate of drug-likeness (QED) is 0.686. The maximum absolute atomic E-state index is 12.7. The molecule has 0 aliphatic carbocycles. The van der Waals surface area contributed by atoms with Gasteiger partial charge >= 0.3 is 0 Å². The van der Waals surface area contributed by atoms with Crippen LogP contribution in [0.5, 0.6) is 0 Å². The van der Waals surface area contributed by atoms with E-state index in [1.54, 1.807) is 36.5 Å². The van der Waals surface area contributed by atoms with E-state index in [-0.39, 0.29) is 5.78 Å². The van der Waals surface area contributed by atoms with Gasteiger partial charge in [-0.3, -0.25) is 9.78 Å². The van der Waals surface area contributed by atoms with E-state index in [0.717, 1.165) is 11.3 Å². The molecule has 0 aliphatic rings. The Labute approximate surface area is 128 Å². The molecule has 0 spiro atoms. The topological polar surface area (TPSA) is 53.8 Å². The standard InChI is InChI=1S/C19H12N2O/c20-13-14-8-10-15(11-9-14)19(22)17-6-2-1-5-16(17)18-7-3-4-12-21-18/h1-12H. The van der Waals surface area contributed by atoms with Gasteiger partial charge in [-0.25, -0.2) is 0 Å². The predicted octanol–water partition coefficient (Wildman–Crippen LogP) is 3.85. The van der Waals surface area contributed by atoms with Gasteiger partial charge in [-0.2, -0.15) is 5.26 Å². The average molecular weight is 284 g/mol. The van der Waals surface area contributed by atoms with Gasteiger partial charge in [0.2, 0.25) is 0 Å². The van der Waals surface area contributed by atoms with Crippen molar-refractivity contribution in [2.45, 2.75) is 0 Å². The summed E-state index contributed by atoms with van der Waals surface area (Å²) in [5.74, 6) is -0.0780. The van der Waals surface area contributed by atoms with Crippen molar-refractivity contribution in [3.63, 3.8) is 0 Å². The van der Waals surface area contributed by atoms with Crippen molar-refractivity contribution in [3.05, 3.63) is 89.6 Å². The van der Waals surface area contributed by atoms with Gasteiger partial charge < -0.3 is 0 Å². The Bertz CT molecular complexity index is 847. The fourth-order valence-corrected chi connectivity index (χ4v) is 2.28. The summed E-state index contributed by atoms with van der Waals surface area (Å²) >= 11 is 0. The van der Waals surface area contributed by atoms with Crippen LogP contribution in [0.4, 0.5) is 0 Å². The second-order valence-corrected chi connectivity index (χ2v) is 4.78. The highest BCUT2D eigenvalue weighted by atomic mass is 16.1. The van der Waals surface area contributed by atoms with Crippen molar-refractivity contribution in [3.8, 4) is 17.3 Å². The molecule has 3 nitrogen and oxygen atoms in total. The van der Waals surface area contributed by atoms with Crippen LogP contribution in [-0.4, -0.2) is 10.8 Å². The van der Waals surface area contributed by atoms with Crippen molar-refractivity contribution in [1.29, 1.82) is 5.26 Å². The second-order valence-electron chi connectivity index (χ2n) is 4.78. The molecule has 2 aromatic carbocycles. The lowest BCUT2D eigenvalue weighted by molar-refractivity contribution is 0.103. The molecular weight excluding hydrogens is 272 g/mol. The number of pyridine rings is 1. The number of nitrogens with zero attached hydrogens (tertiary/aromatic N) is 2. The van der Waals surface area contributed by atoms with Crippen LogP contribution in [0.2, 0.25) is 0 Å². The highest BCUT2D eigenvalue weighted by molar-refractivity contribution is 6.12. The average Bonchev–Trinajstić information content (AvgIpc) is 2.62. The Balaban J connectivity index is 2.05. The molecule has 0 unspecified atom stereocenters. The normalized spacial score (nSPS) is 9.95. The summed E-state index contributed by atoms with van der Waals surface area (Å²) < 4.78 is 0. The first-order valence-electron chi connectivity index (χ1n) is 6.85. The summed E-state index contributed by atoms with van der Waals surface area (Å²) in [6.45, 7) is 0. The number of ketones is 1. The van der Waals surface area contributed by atoms with E-state index in [1.165, 1.54) is 0 Å². The third-order valence-corrected chi connectivity index (χ3v) is 3.39. The summed E-state index contributed by atoms with van der Waals surface area (Å²) in [5.41, 5.74) is 3.26. The van der Waals surface area contributed by atoms with Gasteiger partial charge in [0.25, 0.3) is 0 Å². The van der Waals surface area contributed by atoms with E-state index in [9.17, 15) is 4.79 Å². The first-order valence-corrected chi connectivity index (χ1v) is 6.85. The Morgan fingerprint density at radius 2 is 1.64 bits per heavy atom. The summed E-state index contributed by atoms with van der Waals surface area (Å²) in [6.07, 6.45) is 1.71. The maximum atomic E-state index is 12.7. The number of aromatic nitrogens is 1. The van der Waals surface area contributed by atoms with Crippen molar-refractivity contribution in [1.82, 2.24) is 4.98 Å². The second kappa shape index (κ2) is 6.02. The minimum absolute atomic E-state index is 0.0780. The lowest BCUT2D eigenvalue weighted by atomic mass is 9.96. The Hall–Kier alpha value is -3.25. The summed E-state index contributed by atoms with van der Waals surface area (Å²) in [6, 6.07) is 21.7. The van der Waals surface area contributed by atoms with E-state index >= 15 is 0 Å². The van der Waals surface area contributed by atoms with Crippen LogP contribution in [-0.2, 0) is 0 Å². The molecular formula is C19H12N2O. The molecule has 22 heavy (non-hydrogen) atoms. The van der Waals surface area contributed by atoms with Crippen LogP contribution in [0.3, 0.4) is 0 Å². The number of hydrogen-bond donors (Lipinski definition) is 0. The minimum Gasteiger partial charge on any atom is -0.289 e. The van der Waals surface area contributed by atoms with E-state index in [4.69, 9.17) is 5.26 Å². The van der Waals surface area contributed by atoms with Crippen LogP contribution < -0.4 is 0 Å². The predicted molar refractivity (Wildman–Crippen MR) is 84.3 cm³/mol. The molecule has 0 radical (unpaired) electrons. The molecule has 0 saturated carbocycles. The monoisotopic (exact) mass is 284 g/mol. The number of nitriles is 1. The summed E-state index contributed by atoms with van der Waals surface area (Å²) in [5, 5.41) is 8.83. The van der Waals surface area contributed by atoms with Crippen molar-refractivity contribution in [2.24, 2.45) is 0 Å². The molecule has 0 atom stereocenters. The Morgan fingerprint density at radius 1 is 0.909 bits per heavy atom. The Morgan fingerprint density at radius 3 is 2.32 bits per heavy atom. The maximum Gasteiger partial charge on any atom is 0.193 e. The number of rotatable bonds is 3. The van der Waals surface area contributed by atoms with Crippen molar-refractivity contribution < 1.29 is 4.79 Å². The van der Waals surface area contributed by atoms with Gasteiger partial charge in [-0.05, 0) is 36.4 Å². The first-order chi connectivity index (χ1) is 10.8. The molecule has 0 amide bonds. The molecule has 1 heterocycles. The summed E-state index contributed by atoms with van der Waals surface area (Å²) in [7, 11) is 0. The zero-order valence-corrected chi connectivity index (χ0v) is 11.7. The lowest BCUT2D eigenvalue weighted by Crippen LogP contribution is -2.04. The zero-order chi connectivity index (χ0) is 15.4. The largest absolute Gasteiger partial charge is 0.289 e. The van der Waals surface area contributed by atoms with Gasteiger partial charge in [0.15, 0.2) is 5.78 Å². The van der Waals surface area contributed by atoms with Crippen LogP contribution >= 0.6 is 0 Å². The number of hydrogen-bond acceptors (Lipinski definition) is 3. The molecule has 0 fully saturated rings. The Kier molecular flexibility index (Phi) is 3.76. The fraction of sp³-hybridized carbons (Fsp3) is 0. The first kappa shape index (κ1) is 13.7. The van der Waals surface area contributed by atoms with Crippen LogP contribution in [0.1, 0.15) is 21.5 Å². The van der Waals surface area contributed by atoms with E-state index in [2.05, 4.69) is 4.98 Å². The van der Waals surface area contributed by atoms with Crippen molar-refractivity contribution in [2.75, 3.05) is 0 Å². The smallest absolute Gasteiger partial charge is 0.193 e. The van der Waals surface area contributed by atoms with Gasteiger partial charge in [-0.1, -0.05) is 30.3 Å². The molecule has 0 aliphatic heterocycles. The highest BCUT2D eigenvalue weighted by Crippen LogP contribution is 2.24. The molecule has 1 aromatic heterocycles. The SMILES string of the molecule is N#Cc1ccc(C(=O)c2ccccc2-c2ccccn2)cc1. The van der Waals surface area contributed by atoms with E-state index < -0.39 is 0 Å². The molecule has 104 valence electrons. The van der Waals surface area contributed by atoms with Gasteiger partial charge in [0, 0.05) is 22.9 Å². The number of carbonyl (C=O) groups excluding carboxylic acids is 1. The van der Waals surface area contributed by atoms with E-state index in [1.807, 2.05) is 42.5 Å². The fourth-order valence-electron chi connectivity index (χ4n) is 2.28. The van der Waals surface area contributed by atoms with Crippen LogP contribution in [0.15, 0.2) is 72.9 Å². The van der Waals surface area contributed by atoms with Gasteiger partial charge in [-0.15, -0.1) is 0 Å². The lowest BCUT2D eigenvalue weighted by Gasteiger charge is -2.08. The molecule has 3 aromatic rings. The zero-order valence-electron chi connectivity index (χ0n) is 11.7. The van der Waals surface area contributed by atoms with Crippen LogP contribution in [0.25, 0.3) is 11.3 Å².